The number of hydrogen-bond donors (Lipinski definition) is 0. The molecule has 8 heteroatoms. The number of alkyl halides is 3. The van der Waals surface area contributed by atoms with Crippen molar-refractivity contribution in [1.29, 1.82) is 0 Å². The van der Waals surface area contributed by atoms with Crippen LogP contribution in [0.15, 0.2) is 57.7 Å². The van der Waals surface area contributed by atoms with Crippen molar-refractivity contribution >= 4 is 59.8 Å². The topological polar surface area (TPSA) is 46.3 Å². The molecule has 0 bridgehead atoms. The monoisotopic (exact) mass is 654 g/mol. The third-order valence-corrected chi connectivity index (χ3v) is 11.7. The second kappa shape index (κ2) is 9.59. The van der Waals surface area contributed by atoms with Crippen molar-refractivity contribution in [3.8, 4) is 10.6 Å². The Morgan fingerprint density at radius 2 is 1.53 bits per heavy atom. The van der Waals surface area contributed by atoms with E-state index in [-0.39, 0.29) is 26.8 Å². The zero-order valence-corrected chi connectivity index (χ0v) is 28.5. The molecular weight excluding hydrogens is 618 g/mol. The van der Waals surface area contributed by atoms with Crippen LogP contribution in [0.1, 0.15) is 83.6 Å². The summed E-state index contributed by atoms with van der Waals surface area (Å²) < 4.78 is 53.3. The van der Waals surface area contributed by atoms with Gasteiger partial charge in [0.2, 0.25) is 0 Å². The van der Waals surface area contributed by atoms with Gasteiger partial charge in [0, 0.05) is 40.5 Å². The minimum atomic E-state index is -4.83. The van der Waals surface area contributed by atoms with Gasteiger partial charge in [0.15, 0.2) is 0 Å². The Labute approximate surface area is 275 Å². The van der Waals surface area contributed by atoms with Gasteiger partial charge in [-0.15, -0.1) is 11.3 Å². The molecule has 6 aromatic rings. The van der Waals surface area contributed by atoms with Gasteiger partial charge in [-0.1, -0.05) is 84.9 Å². The summed E-state index contributed by atoms with van der Waals surface area (Å²) in [5.74, 6) is 0. The van der Waals surface area contributed by atoms with Gasteiger partial charge in [-0.05, 0) is 63.1 Å². The molecule has 47 heavy (non-hydrogen) atoms. The standard InChI is InChI=1S/C39H37F3N2O2S/c1-36(2,3)20-12-13-23-24(18-20)21-10-8-9-11-22(21)30-33(23)47-34(43-30)27-28(39(40,41)42)25-19-26-31-29(32(25)46-35(27)45)38(6,7)15-17-44(31)16-14-37(26,4)5/h8-13,18-19H,14-17H2,1-7H3. The fourth-order valence-corrected chi connectivity index (χ4v) is 9.02. The Bertz CT molecular complexity index is 2370. The molecule has 4 heterocycles. The van der Waals surface area contributed by atoms with E-state index in [4.69, 9.17) is 9.40 Å². The van der Waals surface area contributed by atoms with Gasteiger partial charge in [-0.3, -0.25) is 0 Å². The molecule has 0 amide bonds. The lowest BCUT2D eigenvalue weighted by Gasteiger charge is -2.48. The number of fused-ring (bicyclic) bond motifs is 8. The molecule has 0 N–H and O–H groups in total. The van der Waals surface area contributed by atoms with E-state index in [2.05, 4.69) is 51.7 Å². The second-order valence-electron chi connectivity index (χ2n) is 15.7. The fourth-order valence-electron chi connectivity index (χ4n) is 7.86. The summed E-state index contributed by atoms with van der Waals surface area (Å²) in [4.78, 5) is 21.1. The largest absolute Gasteiger partial charge is 0.422 e. The van der Waals surface area contributed by atoms with Crippen LogP contribution in [0.25, 0.3) is 53.3 Å². The first-order chi connectivity index (χ1) is 22.0. The summed E-state index contributed by atoms with van der Waals surface area (Å²) in [5, 5.41) is 3.68. The van der Waals surface area contributed by atoms with Crippen LogP contribution in [0, 0.1) is 0 Å². The zero-order valence-electron chi connectivity index (χ0n) is 27.7. The molecule has 0 unspecified atom stereocenters. The smallest absolute Gasteiger partial charge is 0.418 e. The molecule has 2 aliphatic heterocycles. The predicted octanol–water partition coefficient (Wildman–Crippen LogP) is 10.9. The number of benzene rings is 4. The van der Waals surface area contributed by atoms with E-state index in [1.165, 1.54) is 0 Å². The molecule has 0 saturated heterocycles. The molecule has 0 atom stereocenters. The van der Waals surface area contributed by atoms with Gasteiger partial charge in [-0.2, -0.15) is 13.2 Å². The summed E-state index contributed by atoms with van der Waals surface area (Å²) in [6, 6.07) is 15.8. The van der Waals surface area contributed by atoms with E-state index >= 15 is 13.2 Å². The van der Waals surface area contributed by atoms with Crippen molar-refractivity contribution in [1.82, 2.24) is 4.98 Å². The lowest BCUT2D eigenvalue weighted by Crippen LogP contribution is -2.45. The first kappa shape index (κ1) is 30.4. The van der Waals surface area contributed by atoms with Crippen molar-refractivity contribution < 1.29 is 17.6 Å². The van der Waals surface area contributed by atoms with Gasteiger partial charge in [-0.25, -0.2) is 9.78 Å². The quantitative estimate of drug-likeness (QED) is 0.131. The van der Waals surface area contributed by atoms with Crippen LogP contribution in [0.3, 0.4) is 0 Å². The molecule has 4 nitrogen and oxygen atoms in total. The number of halogens is 3. The van der Waals surface area contributed by atoms with Crippen LogP contribution in [0.2, 0.25) is 0 Å². The zero-order chi connectivity index (χ0) is 33.4. The highest BCUT2D eigenvalue weighted by molar-refractivity contribution is 7.22. The van der Waals surface area contributed by atoms with E-state index in [9.17, 15) is 4.79 Å². The minimum absolute atomic E-state index is 0.0204. The number of rotatable bonds is 1. The van der Waals surface area contributed by atoms with Crippen LogP contribution < -0.4 is 10.5 Å². The molecule has 4 aromatic carbocycles. The SMILES string of the molecule is CC(C)(C)c1ccc2c(c1)c1ccccc1c1nc(-c3c(C(F)(F)F)c4cc5c6c(c4oc3=O)C(C)(C)CCN6CCC5(C)C)sc21. The fraction of sp³-hybridized carbons (Fsp3) is 0.385. The number of hydrogen-bond acceptors (Lipinski definition) is 5. The van der Waals surface area contributed by atoms with Crippen LogP contribution in [0.5, 0.6) is 0 Å². The molecule has 0 saturated carbocycles. The highest BCUT2D eigenvalue weighted by Crippen LogP contribution is 2.54. The summed E-state index contributed by atoms with van der Waals surface area (Å²) in [7, 11) is 0. The molecule has 8 rings (SSSR count). The lowest BCUT2D eigenvalue weighted by atomic mass is 9.69. The maximum atomic E-state index is 15.5. The Morgan fingerprint density at radius 3 is 2.21 bits per heavy atom. The van der Waals surface area contributed by atoms with Crippen LogP contribution in [0.4, 0.5) is 18.9 Å². The second-order valence-corrected chi connectivity index (χ2v) is 16.7. The highest BCUT2D eigenvalue weighted by Gasteiger charge is 2.46. The first-order valence-corrected chi connectivity index (χ1v) is 17.1. The van der Waals surface area contributed by atoms with Crippen LogP contribution in [-0.4, -0.2) is 18.1 Å². The van der Waals surface area contributed by atoms with Gasteiger partial charge < -0.3 is 9.32 Å². The number of aromatic nitrogens is 1. The molecule has 0 fully saturated rings. The summed E-state index contributed by atoms with van der Waals surface area (Å²) in [6.45, 7) is 16.4. The molecule has 242 valence electrons. The molecular formula is C39H37F3N2O2S. The Morgan fingerprint density at radius 1 is 0.851 bits per heavy atom. The van der Waals surface area contributed by atoms with Gasteiger partial charge in [0.1, 0.15) is 16.2 Å². The van der Waals surface area contributed by atoms with Crippen molar-refractivity contribution in [2.75, 3.05) is 18.0 Å². The molecule has 0 radical (unpaired) electrons. The van der Waals surface area contributed by atoms with Crippen LogP contribution in [-0.2, 0) is 22.4 Å². The predicted molar refractivity (Wildman–Crippen MR) is 187 cm³/mol. The lowest BCUT2D eigenvalue weighted by molar-refractivity contribution is -0.136. The third kappa shape index (κ3) is 4.39. The van der Waals surface area contributed by atoms with Gasteiger partial charge in [0.25, 0.3) is 0 Å². The number of nitrogens with zero attached hydrogens (tertiary/aromatic N) is 2. The van der Waals surface area contributed by atoms with Gasteiger partial charge >= 0.3 is 11.8 Å². The van der Waals surface area contributed by atoms with E-state index < -0.39 is 28.3 Å². The van der Waals surface area contributed by atoms with Crippen molar-refractivity contribution in [2.45, 2.75) is 83.7 Å². The van der Waals surface area contributed by atoms with E-state index in [0.717, 1.165) is 80.3 Å². The molecule has 2 aromatic heterocycles. The van der Waals surface area contributed by atoms with E-state index in [1.807, 2.05) is 44.2 Å². The average Bonchev–Trinajstić information content (AvgIpc) is 3.43. The normalized spacial score (nSPS) is 17.6. The Kier molecular flexibility index (Phi) is 6.21. The highest BCUT2D eigenvalue weighted by atomic mass is 32.1. The molecule has 0 spiro atoms. The third-order valence-electron chi connectivity index (χ3n) is 10.6. The minimum Gasteiger partial charge on any atom is -0.422 e. The van der Waals surface area contributed by atoms with Crippen LogP contribution >= 0.6 is 11.3 Å². The van der Waals surface area contributed by atoms with Crippen molar-refractivity contribution in [3.05, 3.63) is 81.2 Å². The van der Waals surface area contributed by atoms with E-state index in [1.54, 1.807) is 6.07 Å². The maximum absolute atomic E-state index is 15.5. The summed E-state index contributed by atoms with van der Waals surface area (Å²) in [6.07, 6.45) is -3.25. The van der Waals surface area contributed by atoms with E-state index in [0.29, 0.717) is 11.1 Å². The summed E-state index contributed by atoms with van der Waals surface area (Å²) >= 11 is 1.13. The molecule has 2 aliphatic rings. The molecule has 0 aliphatic carbocycles. The summed E-state index contributed by atoms with van der Waals surface area (Å²) in [5.41, 5.74) is 0.905. The van der Waals surface area contributed by atoms with Gasteiger partial charge in [0.05, 0.1) is 15.8 Å². The van der Waals surface area contributed by atoms with Crippen molar-refractivity contribution in [3.63, 3.8) is 0 Å². The first-order valence-electron chi connectivity index (χ1n) is 16.2. The average molecular weight is 655 g/mol. The van der Waals surface area contributed by atoms with Crippen molar-refractivity contribution in [2.24, 2.45) is 0 Å². The number of anilines is 1. The maximum Gasteiger partial charge on any atom is 0.418 e. The number of thiazole rings is 1. The Balaban J connectivity index is 1.50. The Hall–Kier alpha value is -3.91.